The van der Waals surface area contributed by atoms with Crippen molar-refractivity contribution in [2.45, 2.75) is 51.6 Å². The van der Waals surface area contributed by atoms with Crippen molar-refractivity contribution in [3.8, 4) is 0 Å². The maximum atomic E-state index is 9.14. The van der Waals surface area contributed by atoms with E-state index < -0.39 is 0 Å². The van der Waals surface area contributed by atoms with E-state index in [1.165, 1.54) is 32.4 Å². The molecule has 0 aromatic heterocycles. The molecule has 17 heavy (non-hydrogen) atoms. The summed E-state index contributed by atoms with van der Waals surface area (Å²) in [5.41, 5.74) is 0. The minimum absolute atomic E-state index is 0.342. The Hall–Kier alpha value is -0.120. The second kappa shape index (κ2) is 6.17. The molecule has 0 aromatic carbocycles. The first kappa shape index (κ1) is 13.3. The van der Waals surface area contributed by atoms with Crippen LogP contribution in [0.3, 0.4) is 0 Å². The Balaban J connectivity index is 1.90. The molecule has 100 valence electrons. The van der Waals surface area contributed by atoms with Crippen LogP contribution in [-0.4, -0.2) is 48.3 Å². The van der Waals surface area contributed by atoms with Crippen molar-refractivity contribution in [2.75, 3.05) is 26.2 Å². The van der Waals surface area contributed by atoms with Gasteiger partial charge in [-0.1, -0.05) is 6.92 Å². The molecule has 1 saturated carbocycles. The van der Waals surface area contributed by atoms with Crippen molar-refractivity contribution in [1.82, 2.24) is 10.2 Å². The number of nitrogens with one attached hydrogen (secondary N) is 1. The van der Waals surface area contributed by atoms with Gasteiger partial charge in [-0.25, -0.2) is 0 Å². The topological polar surface area (TPSA) is 35.5 Å². The number of aliphatic hydroxyl groups excluding tert-OH is 1. The molecule has 0 bridgehead atoms. The highest BCUT2D eigenvalue weighted by Gasteiger charge is 2.36. The fourth-order valence-corrected chi connectivity index (χ4v) is 3.28. The van der Waals surface area contributed by atoms with E-state index in [9.17, 15) is 0 Å². The molecule has 2 fully saturated rings. The van der Waals surface area contributed by atoms with Crippen LogP contribution in [0.5, 0.6) is 0 Å². The van der Waals surface area contributed by atoms with E-state index in [0.29, 0.717) is 18.6 Å². The van der Waals surface area contributed by atoms with Crippen LogP contribution in [0, 0.1) is 11.8 Å². The Morgan fingerprint density at radius 1 is 1.35 bits per heavy atom. The molecule has 1 aliphatic carbocycles. The van der Waals surface area contributed by atoms with Gasteiger partial charge >= 0.3 is 0 Å². The van der Waals surface area contributed by atoms with Gasteiger partial charge in [-0.2, -0.15) is 0 Å². The zero-order valence-electron chi connectivity index (χ0n) is 11.4. The Morgan fingerprint density at radius 3 is 2.71 bits per heavy atom. The number of piperidine rings is 1. The molecular formula is C14H28N2O. The fourth-order valence-electron chi connectivity index (χ4n) is 3.28. The van der Waals surface area contributed by atoms with E-state index in [0.717, 1.165) is 24.9 Å². The van der Waals surface area contributed by atoms with Crippen LogP contribution < -0.4 is 5.32 Å². The van der Waals surface area contributed by atoms with Gasteiger partial charge < -0.3 is 10.4 Å². The van der Waals surface area contributed by atoms with Gasteiger partial charge in [-0.05, 0) is 51.0 Å². The first-order chi connectivity index (χ1) is 8.24. The second-order valence-corrected chi connectivity index (χ2v) is 5.90. The van der Waals surface area contributed by atoms with Gasteiger partial charge in [0.05, 0.1) is 0 Å². The first-order valence-corrected chi connectivity index (χ1v) is 7.32. The van der Waals surface area contributed by atoms with Crippen LogP contribution in [-0.2, 0) is 0 Å². The van der Waals surface area contributed by atoms with Crippen molar-refractivity contribution in [3.05, 3.63) is 0 Å². The third-order valence-corrected chi connectivity index (χ3v) is 4.48. The van der Waals surface area contributed by atoms with Crippen LogP contribution in [0.15, 0.2) is 0 Å². The predicted molar refractivity (Wildman–Crippen MR) is 71.0 cm³/mol. The van der Waals surface area contributed by atoms with Crippen LogP contribution in [0.2, 0.25) is 0 Å². The molecule has 3 atom stereocenters. The minimum atomic E-state index is 0.342. The largest absolute Gasteiger partial charge is 0.396 e. The van der Waals surface area contributed by atoms with E-state index >= 15 is 0 Å². The molecule has 1 heterocycles. The maximum absolute atomic E-state index is 9.14. The minimum Gasteiger partial charge on any atom is -0.396 e. The summed E-state index contributed by atoms with van der Waals surface area (Å²) in [5, 5.41) is 12.7. The standard InChI is InChI=1S/C14H28N2O/c1-3-15-14-8-12(6-7-17)9-16(10-14)11(2)13-4-5-13/h11-15,17H,3-10H2,1-2H3. The van der Waals surface area contributed by atoms with Gasteiger partial charge in [0.1, 0.15) is 0 Å². The van der Waals surface area contributed by atoms with Crippen molar-refractivity contribution < 1.29 is 5.11 Å². The van der Waals surface area contributed by atoms with E-state index in [-0.39, 0.29) is 0 Å². The van der Waals surface area contributed by atoms with Gasteiger partial charge in [0.25, 0.3) is 0 Å². The highest BCUT2D eigenvalue weighted by atomic mass is 16.3. The number of hydrogen-bond donors (Lipinski definition) is 2. The Bertz CT molecular complexity index is 216. The molecule has 0 amide bonds. The van der Waals surface area contributed by atoms with Gasteiger partial charge in [0, 0.05) is 31.8 Å². The Kier molecular flexibility index (Phi) is 4.83. The van der Waals surface area contributed by atoms with E-state index in [1.807, 2.05) is 0 Å². The van der Waals surface area contributed by atoms with Gasteiger partial charge in [0.2, 0.25) is 0 Å². The fraction of sp³-hybridized carbons (Fsp3) is 1.00. The third-order valence-electron chi connectivity index (χ3n) is 4.48. The molecule has 2 rings (SSSR count). The van der Waals surface area contributed by atoms with E-state index in [1.54, 1.807) is 0 Å². The average molecular weight is 240 g/mol. The summed E-state index contributed by atoms with van der Waals surface area (Å²) < 4.78 is 0. The molecule has 3 heteroatoms. The molecule has 1 saturated heterocycles. The summed E-state index contributed by atoms with van der Waals surface area (Å²) in [6.45, 7) is 8.37. The summed E-state index contributed by atoms with van der Waals surface area (Å²) in [7, 11) is 0. The van der Waals surface area contributed by atoms with Crippen LogP contribution in [0.1, 0.15) is 39.5 Å². The van der Waals surface area contributed by atoms with Crippen molar-refractivity contribution >= 4 is 0 Å². The van der Waals surface area contributed by atoms with Crippen LogP contribution >= 0.6 is 0 Å². The lowest BCUT2D eigenvalue weighted by atomic mass is 9.90. The summed E-state index contributed by atoms with van der Waals surface area (Å²) >= 11 is 0. The molecular weight excluding hydrogens is 212 g/mol. The van der Waals surface area contributed by atoms with Gasteiger partial charge in [0.15, 0.2) is 0 Å². The molecule has 0 spiro atoms. The number of likely N-dealkylation sites (tertiary alicyclic amines) is 1. The summed E-state index contributed by atoms with van der Waals surface area (Å²) in [6.07, 6.45) is 5.06. The second-order valence-electron chi connectivity index (χ2n) is 5.90. The molecule has 2 aliphatic rings. The number of aliphatic hydroxyl groups is 1. The zero-order chi connectivity index (χ0) is 12.3. The SMILES string of the molecule is CCNC1CC(CCO)CN(C(C)C2CC2)C1. The molecule has 0 aromatic rings. The summed E-state index contributed by atoms with van der Waals surface area (Å²) in [6, 6.07) is 1.38. The number of hydrogen-bond acceptors (Lipinski definition) is 3. The van der Waals surface area contributed by atoms with Crippen LogP contribution in [0.25, 0.3) is 0 Å². The highest BCUT2D eigenvalue weighted by molar-refractivity contribution is 4.91. The number of rotatable bonds is 6. The zero-order valence-corrected chi connectivity index (χ0v) is 11.4. The third kappa shape index (κ3) is 3.67. The first-order valence-electron chi connectivity index (χ1n) is 7.32. The number of nitrogens with zero attached hydrogens (tertiary/aromatic N) is 1. The molecule has 2 N–H and O–H groups in total. The Morgan fingerprint density at radius 2 is 2.12 bits per heavy atom. The van der Waals surface area contributed by atoms with E-state index in [4.69, 9.17) is 5.11 Å². The highest BCUT2D eigenvalue weighted by Crippen LogP contribution is 2.36. The summed E-state index contributed by atoms with van der Waals surface area (Å²) in [5.74, 6) is 1.63. The summed E-state index contributed by atoms with van der Waals surface area (Å²) in [4.78, 5) is 2.66. The normalized spacial score (nSPS) is 32.6. The maximum Gasteiger partial charge on any atom is 0.0434 e. The van der Waals surface area contributed by atoms with E-state index in [2.05, 4.69) is 24.1 Å². The predicted octanol–water partition coefficient (Wildman–Crippen LogP) is 1.47. The van der Waals surface area contributed by atoms with Crippen molar-refractivity contribution in [3.63, 3.8) is 0 Å². The monoisotopic (exact) mass is 240 g/mol. The lowest BCUT2D eigenvalue weighted by molar-refractivity contribution is 0.0828. The molecule has 3 unspecified atom stereocenters. The van der Waals surface area contributed by atoms with Crippen molar-refractivity contribution in [1.29, 1.82) is 0 Å². The Labute approximate surface area is 106 Å². The smallest absolute Gasteiger partial charge is 0.0434 e. The van der Waals surface area contributed by atoms with Crippen LogP contribution in [0.4, 0.5) is 0 Å². The van der Waals surface area contributed by atoms with Gasteiger partial charge in [-0.15, -0.1) is 0 Å². The lowest BCUT2D eigenvalue weighted by Gasteiger charge is -2.41. The number of likely N-dealkylation sites (N-methyl/N-ethyl adjacent to an activating group) is 1. The molecule has 1 aliphatic heterocycles. The van der Waals surface area contributed by atoms with Gasteiger partial charge in [-0.3, -0.25) is 4.90 Å². The average Bonchev–Trinajstić information content (AvgIpc) is 3.12. The molecule has 0 radical (unpaired) electrons. The quantitative estimate of drug-likeness (QED) is 0.738. The molecule has 3 nitrogen and oxygen atoms in total. The lowest BCUT2D eigenvalue weighted by Crippen LogP contribution is -2.52. The van der Waals surface area contributed by atoms with Crippen molar-refractivity contribution in [2.24, 2.45) is 11.8 Å².